The predicted molar refractivity (Wildman–Crippen MR) is 93.8 cm³/mol. The molecule has 1 N–H and O–H groups in total. The van der Waals surface area contributed by atoms with E-state index in [1.54, 1.807) is 18.9 Å². The molecule has 0 spiro atoms. The van der Waals surface area contributed by atoms with Gasteiger partial charge in [0, 0.05) is 40.2 Å². The lowest BCUT2D eigenvalue weighted by Crippen LogP contribution is -2.18. The van der Waals surface area contributed by atoms with Crippen molar-refractivity contribution in [3.8, 4) is 0 Å². The standard InChI is InChI=1S/C15H16Br2N2OS/c1-20-7-6-18-9-11-2-4-14(13(17)8-11)21-15-5-3-12(16)10-19-15/h2-5,8,10,18H,6-7,9H2,1H3. The Morgan fingerprint density at radius 3 is 2.76 bits per heavy atom. The Morgan fingerprint density at radius 2 is 2.10 bits per heavy atom. The number of nitrogens with zero attached hydrogens (tertiary/aromatic N) is 1. The van der Waals surface area contributed by atoms with Crippen molar-refractivity contribution < 1.29 is 4.74 Å². The fourth-order valence-corrected chi connectivity index (χ4v) is 3.34. The van der Waals surface area contributed by atoms with Crippen molar-refractivity contribution in [2.24, 2.45) is 0 Å². The maximum Gasteiger partial charge on any atom is 0.101 e. The van der Waals surface area contributed by atoms with Gasteiger partial charge < -0.3 is 10.1 Å². The highest BCUT2D eigenvalue weighted by Gasteiger charge is 2.05. The molecular formula is C15H16Br2N2OS. The van der Waals surface area contributed by atoms with Gasteiger partial charge in [-0.3, -0.25) is 0 Å². The lowest BCUT2D eigenvalue weighted by Gasteiger charge is -2.08. The molecule has 0 fully saturated rings. The highest BCUT2D eigenvalue weighted by molar-refractivity contribution is 9.10. The van der Waals surface area contributed by atoms with E-state index in [0.717, 1.165) is 38.6 Å². The second-order valence-corrected chi connectivity index (χ2v) is 7.18. The Hall–Kier alpha value is -0.400. The molecule has 0 unspecified atom stereocenters. The largest absolute Gasteiger partial charge is 0.383 e. The summed E-state index contributed by atoms with van der Waals surface area (Å²) in [6.45, 7) is 2.42. The zero-order valence-corrected chi connectivity index (χ0v) is 15.6. The van der Waals surface area contributed by atoms with Crippen LogP contribution in [-0.2, 0) is 11.3 Å². The molecule has 0 saturated heterocycles. The maximum absolute atomic E-state index is 5.01. The Balaban J connectivity index is 1.97. The third-order valence-electron chi connectivity index (χ3n) is 2.72. The first-order valence-corrected chi connectivity index (χ1v) is 8.87. The van der Waals surface area contributed by atoms with Gasteiger partial charge >= 0.3 is 0 Å². The molecular weight excluding hydrogens is 416 g/mol. The quantitative estimate of drug-likeness (QED) is 0.654. The first-order chi connectivity index (χ1) is 10.2. The van der Waals surface area contributed by atoms with E-state index in [4.69, 9.17) is 4.74 Å². The molecule has 0 saturated carbocycles. The third-order valence-corrected chi connectivity index (χ3v) is 5.14. The molecule has 1 aromatic carbocycles. The molecule has 0 radical (unpaired) electrons. The maximum atomic E-state index is 5.01. The van der Waals surface area contributed by atoms with Crippen LogP contribution in [0, 0.1) is 0 Å². The van der Waals surface area contributed by atoms with Gasteiger partial charge in [-0.2, -0.15) is 0 Å². The summed E-state index contributed by atoms with van der Waals surface area (Å²) in [5, 5.41) is 4.31. The second kappa shape index (κ2) is 8.90. The van der Waals surface area contributed by atoms with Crippen LogP contribution in [0.5, 0.6) is 0 Å². The van der Waals surface area contributed by atoms with E-state index in [-0.39, 0.29) is 0 Å². The first-order valence-electron chi connectivity index (χ1n) is 6.46. The van der Waals surface area contributed by atoms with E-state index in [2.05, 4.69) is 60.4 Å². The van der Waals surface area contributed by atoms with Crippen LogP contribution >= 0.6 is 43.6 Å². The number of hydrogen-bond acceptors (Lipinski definition) is 4. The number of methoxy groups -OCH3 is 1. The molecule has 2 aromatic rings. The van der Waals surface area contributed by atoms with Gasteiger partial charge in [-0.25, -0.2) is 4.98 Å². The van der Waals surface area contributed by atoms with Crippen LogP contribution in [0.15, 0.2) is 55.4 Å². The zero-order valence-electron chi connectivity index (χ0n) is 11.6. The average molecular weight is 432 g/mol. The van der Waals surface area contributed by atoms with Crippen LogP contribution in [0.25, 0.3) is 0 Å². The molecule has 3 nitrogen and oxygen atoms in total. The second-order valence-electron chi connectivity index (χ2n) is 4.35. The lowest BCUT2D eigenvalue weighted by molar-refractivity contribution is 0.199. The summed E-state index contributed by atoms with van der Waals surface area (Å²) < 4.78 is 7.09. The van der Waals surface area contributed by atoms with E-state index < -0.39 is 0 Å². The number of halogens is 2. The predicted octanol–water partition coefficient (Wildman–Crippen LogP) is 4.49. The van der Waals surface area contributed by atoms with Gasteiger partial charge in [0.05, 0.1) is 6.61 Å². The molecule has 21 heavy (non-hydrogen) atoms. The first kappa shape index (κ1) is 17.0. The molecule has 1 aromatic heterocycles. The van der Waals surface area contributed by atoms with Gasteiger partial charge in [0.25, 0.3) is 0 Å². The van der Waals surface area contributed by atoms with Crippen molar-refractivity contribution in [3.63, 3.8) is 0 Å². The van der Waals surface area contributed by atoms with Gasteiger partial charge in [0.1, 0.15) is 5.03 Å². The van der Waals surface area contributed by atoms with Gasteiger partial charge in [-0.05, 0) is 61.7 Å². The van der Waals surface area contributed by atoms with Crippen molar-refractivity contribution >= 4 is 43.6 Å². The molecule has 0 bridgehead atoms. The molecule has 0 aliphatic carbocycles. The van der Waals surface area contributed by atoms with Crippen LogP contribution in [-0.4, -0.2) is 25.2 Å². The number of aromatic nitrogens is 1. The Morgan fingerprint density at radius 1 is 1.24 bits per heavy atom. The van der Waals surface area contributed by atoms with E-state index in [1.165, 1.54) is 5.56 Å². The molecule has 0 aliphatic heterocycles. The zero-order chi connectivity index (χ0) is 15.1. The van der Waals surface area contributed by atoms with Gasteiger partial charge in [0.15, 0.2) is 0 Å². The SMILES string of the molecule is COCCNCc1ccc(Sc2ccc(Br)cn2)c(Br)c1. The van der Waals surface area contributed by atoms with E-state index in [1.807, 2.05) is 18.3 Å². The number of ether oxygens (including phenoxy) is 1. The highest BCUT2D eigenvalue weighted by Crippen LogP contribution is 2.33. The normalized spacial score (nSPS) is 10.8. The van der Waals surface area contributed by atoms with Crippen LogP contribution in [0.2, 0.25) is 0 Å². The Labute approximate surface area is 146 Å². The Kier molecular flexibility index (Phi) is 7.19. The van der Waals surface area contributed by atoms with Crippen LogP contribution in [0.4, 0.5) is 0 Å². The van der Waals surface area contributed by atoms with Crippen LogP contribution in [0.1, 0.15) is 5.56 Å². The average Bonchev–Trinajstić information content (AvgIpc) is 2.48. The summed E-state index contributed by atoms with van der Waals surface area (Å²) in [5.41, 5.74) is 1.24. The summed E-state index contributed by atoms with van der Waals surface area (Å²) in [6.07, 6.45) is 1.81. The monoisotopic (exact) mass is 430 g/mol. The molecule has 112 valence electrons. The fourth-order valence-electron chi connectivity index (χ4n) is 1.68. The van der Waals surface area contributed by atoms with E-state index in [0.29, 0.717) is 0 Å². The van der Waals surface area contributed by atoms with Crippen molar-refractivity contribution in [2.75, 3.05) is 20.3 Å². The van der Waals surface area contributed by atoms with E-state index in [9.17, 15) is 0 Å². The minimum atomic E-state index is 0.727. The Bertz CT molecular complexity index is 578. The third kappa shape index (κ3) is 5.71. The number of hydrogen-bond donors (Lipinski definition) is 1. The van der Waals surface area contributed by atoms with Crippen molar-refractivity contribution in [3.05, 3.63) is 51.0 Å². The molecule has 2 rings (SSSR count). The van der Waals surface area contributed by atoms with Crippen molar-refractivity contribution in [2.45, 2.75) is 16.5 Å². The molecule has 0 atom stereocenters. The molecule has 6 heteroatoms. The van der Waals surface area contributed by atoms with Crippen molar-refractivity contribution in [1.29, 1.82) is 0 Å². The summed E-state index contributed by atoms with van der Waals surface area (Å²) in [4.78, 5) is 5.53. The fraction of sp³-hybridized carbons (Fsp3) is 0.267. The van der Waals surface area contributed by atoms with Crippen molar-refractivity contribution in [1.82, 2.24) is 10.3 Å². The summed E-state index contributed by atoms with van der Waals surface area (Å²) in [7, 11) is 1.71. The number of nitrogens with one attached hydrogen (secondary N) is 1. The minimum absolute atomic E-state index is 0.727. The smallest absolute Gasteiger partial charge is 0.101 e. The topological polar surface area (TPSA) is 34.1 Å². The summed E-state index contributed by atoms with van der Waals surface area (Å²) in [6, 6.07) is 10.4. The molecule has 1 heterocycles. The lowest BCUT2D eigenvalue weighted by atomic mass is 10.2. The van der Waals surface area contributed by atoms with Gasteiger partial charge in [-0.1, -0.05) is 17.8 Å². The van der Waals surface area contributed by atoms with Gasteiger partial charge in [0.2, 0.25) is 0 Å². The summed E-state index contributed by atoms with van der Waals surface area (Å²) in [5.74, 6) is 0. The highest BCUT2D eigenvalue weighted by atomic mass is 79.9. The van der Waals surface area contributed by atoms with E-state index >= 15 is 0 Å². The minimum Gasteiger partial charge on any atom is -0.383 e. The van der Waals surface area contributed by atoms with Gasteiger partial charge in [-0.15, -0.1) is 0 Å². The number of rotatable bonds is 7. The van der Waals surface area contributed by atoms with Crippen LogP contribution < -0.4 is 5.32 Å². The summed E-state index contributed by atoms with van der Waals surface area (Å²) >= 11 is 8.67. The number of pyridine rings is 1. The molecule has 0 amide bonds. The number of benzene rings is 1. The van der Waals surface area contributed by atoms with Crippen LogP contribution in [0.3, 0.4) is 0 Å². The molecule has 0 aliphatic rings.